The molecule has 1 aliphatic heterocycles. The van der Waals surface area contributed by atoms with Crippen molar-refractivity contribution in [2.75, 3.05) is 13.2 Å². The molecule has 6 heteroatoms. The van der Waals surface area contributed by atoms with Crippen LogP contribution in [0.15, 0.2) is 54.6 Å². The standard InChI is InChI=1S/C23H24O6/c1-16(2)22(26)29-20-12-18(13-24)8-10-19(20)23(15-28-23)14-27-21(25)11-9-17-6-4-3-5-7-17/h3-12,16,24H,13-15H2,1-2H3/b11-9+. The summed E-state index contributed by atoms with van der Waals surface area (Å²) in [6.07, 6.45) is 3.04. The molecule has 6 nitrogen and oxygen atoms in total. The number of rotatable bonds is 8. The van der Waals surface area contributed by atoms with Crippen molar-refractivity contribution in [3.8, 4) is 5.75 Å². The van der Waals surface area contributed by atoms with Crippen molar-refractivity contribution >= 4 is 18.0 Å². The molecule has 0 bridgehead atoms. The van der Waals surface area contributed by atoms with Gasteiger partial charge in [0.2, 0.25) is 0 Å². The molecule has 0 amide bonds. The van der Waals surface area contributed by atoms with E-state index in [2.05, 4.69) is 0 Å². The molecule has 1 heterocycles. The van der Waals surface area contributed by atoms with Crippen LogP contribution in [0.1, 0.15) is 30.5 Å². The molecule has 3 rings (SSSR count). The number of ether oxygens (including phenoxy) is 3. The third kappa shape index (κ3) is 5.31. The van der Waals surface area contributed by atoms with Crippen molar-refractivity contribution < 1.29 is 28.9 Å². The fourth-order valence-corrected chi connectivity index (χ4v) is 2.72. The van der Waals surface area contributed by atoms with Gasteiger partial charge in [0.25, 0.3) is 0 Å². The van der Waals surface area contributed by atoms with Crippen LogP contribution in [0.5, 0.6) is 5.75 Å². The van der Waals surface area contributed by atoms with Crippen LogP contribution in [0, 0.1) is 5.92 Å². The highest BCUT2D eigenvalue weighted by Crippen LogP contribution is 2.44. The smallest absolute Gasteiger partial charge is 0.330 e. The minimum atomic E-state index is -0.850. The Morgan fingerprint density at radius 1 is 1.21 bits per heavy atom. The maximum Gasteiger partial charge on any atom is 0.330 e. The molecule has 1 atom stereocenters. The molecule has 1 saturated heterocycles. The number of hydrogen-bond donors (Lipinski definition) is 1. The lowest BCUT2D eigenvalue weighted by Gasteiger charge is -2.18. The van der Waals surface area contributed by atoms with Gasteiger partial charge < -0.3 is 19.3 Å². The predicted molar refractivity (Wildman–Crippen MR) is 107 cm³/mol. The summed E-state index contributed by atoms with van der Waals surface area (Å²) in [4.78, 5) is 24.2. The Bertz CT molecular complexity index is 897. The van der Waals surface area contributed by atoms with E-state index in [0.717, 1.165) is 5.56 Å². The summed E-state index contributed by atoms with van der Waals surface area (Å²) in [7, 11) is 0. The minimum Gasteiger partial charge on any atom is -0.459 e. The highest BCUT2D eigenvalue weighted by molar-refractivity contribution is 5.87. The van der Waals surface area contributed by atoms with Crippen molar-refractivity contribution in [2.24, 2.45) is 5.92 Å². The summed E-state index contributed by atoms with van der Waals surface area (Å²) in [5.74, 6) is -0.877. The average molecular weight is 396 g/mol. The molecule has 29 heavy (non-hydrogen) atoms. The Kier molecular flexibility index (Phi) is 6.46. The van der Waals surface area contributed by atoms with Crippen molar-refractivity contribution in [1.82, 2.24) is 0 Å². The van der Waals surface area contributed by atoms with Gasteiger partial charge in [-0.05, 0) is 23.3 Å². The largest absolute Gasteiger partial charge is 0.459 e. The number of aliphatic hydroxyl groups excluding tert-OH is 1. The Morgan fingerprint density at radius 3 is 2.55 bits per heavy atom. The highest BCUT2D eigenvalue weighted by Gasteiger charge is 2.50. The second kappa shape index (κ2) is 9.03. The van der Waals surface area contributed by atoms with E-state index in [1.807, 2.05) is 30.3 Å². The van der Waals surface area contributed by atoms with E-state index in [4.69, 9.17) is 14.2 Å². The Labute approximate surface area is 169 Å². The number of esters is 2. The van der Waals surface area contributed by atoms with E-state index < -0.39 is 11.6 Å². The lowest BCUT2D eigenvalue weighted by molar-refractivity contribution is -0.140. The molecular formula is C23H24O6. The van der Waals surface area contributed by atoms with E-state index in [-0.39, 0.29) is 25.1 Å². The zero-order chi connectivity index (χ0) is 20.9. The summed E-state index contributed by atoms with van der Waals surface area (Å²) < 4.78 is 16.5. The van der Waals surface area contributed by atoms with Gasteiger partial charge in [-0.25, -0.2) is 4.79 Å². The van der Waals surface area contributed by atoms with Gasteiger partial charge in [-0.2, -0.15) is 0 Å². The van der Waals surface area contributed by atoms with Crippen LogP contribution in [0.25, 0.3) is 6.08 Å². The van der Waals surface area contributed by atoms with E-state index in [9.17, 15) is 14.7 Å². The van der Waals surface area contributed by atoms with Gasteiger partial charge in [0.1, 0.15) is 12.4 Å². The second-order valence-electron chi connectivity index (χ2n) is 7.20. The number of epoxide rings is 1. The topological polar surface area (TPSA) is 85.4 Å². The number of carbonyl (C=O) groups is 2. The molecule has 0 aliphatic carbocycles. The molecule has 0 aromatic heterocycles. The lowest BCUT2D eigenvalue weighted by atomic mass is 9.98. The molecule has 152 valence electrons. The average Bonchev–Trinajstić information content (AvgIpc) is 3.52. The van der Waals surface area contributed by atoms with Crippen LogP contribution in [-0.4, -0.2) is 30.3 Å². The van der Waals surface area contributed by atoms with E-state index in [1.165, 1.54) is 6.08 Å². The predicted octanol–water partition coefficient (Wildman–Crippen LogP) is 3.22. The monoisotopic (exact) mass is 396 g/mol. The quantitative estimate of drug-likeness (QED) is 0.319. The SMILES string of the molecule is CC(C)C(=O)Oc1cc(CO)ccc1C1(COC(=O)/C=C/c2ccccc2)CO1. The molecular weight excluding hydrogens is 372 g/mol. The first-order valence-corrected chi connectivity index (χ1v) is 9.43. The molecule has 0 saturated carbocycles. The van der Waals surface area contributed by atoms with Gasteiger partial charge in [0, 0.05) is 11.6 Å². The Hall–Kier alpha value is -2.96. The third-order valence-electron chi connectivity index (χ3n) is 4.55. The van der Waals surface area contributed by atoms with Gasteiger partial charge in [0.15, 0.2) is 5.60 Å². The first-order valence-electron chi connectivity index (χ1n) is 9.43. The first kappa shape index (κ1) is 20.8. The minimum absolute atomic E-state index is 0.00430. The third-order valence-corrected chi connectivity index (χ3v) is 4.55. The molecule has 1 aliphatic rings. The zero-order valence-electron chi connectivity index (χ0n) is 16.5. The van der Waals surface area contributed by atoms with Crippen molar-refractivity contribution in [2.45, 2.75) is 26.1 Å². The Morgan fingerprint density at radius 2 is 1.93 bits per heavy atom. The number of aliphatic hydroxyl groups is 1. The lowest BCUT2D eigenvalue weighted by Crippen LogP contribution is -2.23. The van der Waals surface area contributed by atoms with E-state index in [0.29, 0.717) is 23.5 Å². The van der Waals surface area contributed by atoms with Gasteiger partial charge in [-0.15, -0.1) is 0 Å². The summed E-state index contributed by atoms with van der Waals surface area (Å²) in [6.45, 7) is 3.63. The van der Waals surface area contributed by atoms with Crippen LogP contribution < -0.4 is 4.74 Å². The maximum absolute atomic E-state index is 12.1. The number of hydrogen-bond acceptors (Lipinski definition) is 6. The van der Waals surface area contributed by atoms with Crippen LogP contribution >= 0.6 is 0 Å². The van der Waals surface area contributed by atoms with Gasteiger partial charge in [0.05, 0.1) is 19.1 Å². The van der Waals surface area contributed by atoms with Crippen LogP contribution in [0.3, 0.4) is 0 Å². The van der Waals surface area contributed by atoms with Crippen LogP contribution in [0.4, 0.5) is 0 Å². The number of carbonyl (C=O) groups excluding carboxylic acids is 2. The van der Waals surface area contributed by atoms with Gasteiger partial charge >= 0.3 is 11.9 Å². The number of benzene rings is 2. The van der Waals surface area contributed by atoms with Crippen LogP contribution in [0.2, 0.25) is 0 Å². The summed E-state index contributed by atoms with van der Waals surface area (Å²) in [5, 5.41) is 9.40. The van der Waals surface area contributed by atoms with E-state index in [1.54, 1.807) is 38.1 Å². The molecule has 2 aromatic rings. The van der Waals surface area contributed by atoms with Crippen molar-refractivity contribution in [1.29, 1.82) is 0 Å². The van der Waals surface area contributed by atoms with Gasteiger partial charge in [-0.1, -0.05) is 56.3 Å². The molecule has 1 fully saturated rings. The molecule has 1 N–H and O–H groups in total. The molecule has 0 radical (unpaired) electrons. The molecule has 1 unspecified atom stereocenters. The summed E-state index contributed by atoms with van der Waals surface area (Å²) >= 11 is 0. The van der Waals surface area contributed by atoms with Gasteiger partial charge in [-0.3, -0.25) is 4.79 Å². The highest BCUT2D eigenvalue weighted by atomic mass is 16.6. The van der Waals surface area contributed by atoms with Crippen LogP contribution in [-0.2, 0) is 31.3 Å². The summed E-state index contributed by atoms with van der Waals surface area (Å²) in [5.41, 5.74) is 1.27. The normalized spacial score (nSPS) is 18.1. The fraction of sp³-hybridized carbons (Fsp3) is 0.304. The summed E-state index contributed by atoms with van der Waals surface area (Å²) in [6, 6.07) is 14.5. The van der Waals surface area contributed by atoms with E-state index >= 15 is 0 Å². The second-order valence-corrected chi connectivity index (χ2v) is 7.20. The van der Waals surface area contributed by atoms with Crippen molar-refractivity contribution in [3.63, 3.8) is 0 Å². The maximum atomic E-state index is 12.1. The first-order chi connectivity index (χ1) is 13.9. The zero-order valence-corrected chi connectivity index (χ0v) is 16.5. The van der Waals surface area contributed by atoms with Crippen molar-refractivity contribution in [3.05, 3.63) is 71.3 Å². The fourth-order valence-electron chi connectivity index (χ4n) is 2.72. The Balaban J connectivity index is 1.71. The molecule has 2 aromatic carbocycles. The molecule has 0 spiro atoms.